The smallest absolute Gasteiger partial charge is 0.233 e. The second kappa shape index (κ2) is 7.68. The molecule has 0 aromatic carbocycles. The predicted octanol–water partition coefficient (Wildman–Crippen LogP) is 2.27. The molecule has 1 aromatic heterocycles. The fourth-order valence-electron chi connectivity index (χ4n) is 3.72. The van der Waals surface area contributed by atoms with E-state index >= 15 is 0 Å². The monoisotopic (exact) mass is 379 g/mol. The molecule has 3 fully saturated rings. The number of nitrogens with zero attached hydrogens (tertiary/aromatic N) is 3. The zero-order valence-electron chi connectivity index (χ0n) is 14.4. The van der Waals surface area contributed by atoms with Crippen LogP contribution in [-0.2, 0) is 9.59 Å². The van der Waals surface area contributed by atoms with Crippen molar-refractivity contribution in [3.05, 3.63) is 22.4 Å². The minimum absolute atomic E-state index is 0.189. The van der Waals surface area contributed by atoms with Crippen LogP contribution in [-0.4, -0.2) is 71.5 Å². The molecule has 2 aliphatic heterocycles. The van der Waals surface area contributed by atoms with Gasteiger partial charge in [0.2, 0.25) is 11.8 Å². The van der Waals surface area contributed by atoms with Crippen LogP contribution in [0.25, 0.3) is 0 Å². The number of thiophene rings is 1. The first kappa shape index (κ1) is 17.4. The van der Waals surface area contributed by atoms with E-state index in [1.807, 2.05) is 9.80 Å². The van der Waals surface area contributed by atoms with Crippen molar-refractivity contribution < 1.29 is 9.59 Å². The summed E-state index contributed by atoms with van der Waals surface area (Å²) in [4.78, 5) is 32.3. The highest BCUT2D eigenvalue weighted by Crippen LogP contribution is 2.40. The largest absolute Gasteiger partial charge is 0.340 e. The molecule has 1 saturated carbocycles. The Balaban J connectivity index is 1.26. The molecule has 0 bridgehead atoms. The molecule has 1 aliphatic carbocycles. The second-order valence-electron chi connectivity index (χ2n) is 7.06. The Labute approximate surface area is 157 Å². The Kier molecular flexibility index (Phi) is 5.33. The first-order valence-corrected chi connectivity index (χ1v) is 11.1. The summed E-state index contributed by atoms with van der Waals surface area (Å²) >= 11 is 3.46. The van der Waals surface area contributed by atoms with Crippen LogP contribution < -0.4 is 0 Å². The zero-order chi connectivity index (χ0) is 17.2. The minimum Gasteiger partial charge on any atom is -0.340 e. The molecular weight excluding hydrogens is 354 g/mol. The van der Waals surface area contributed by atoms with Crippen molar-refractivity contribution in [2.45, 2.75) is 24.6 Å². The number of carbonyl (C=O) groups excluding carboxylic acids is 2. The van der Waals surface area contributed by atoms with Crippen molar-refractivity contribution in [1.82, 2.24) is 14.7 Å². The molecule has 0 unspecified atom stereocenters. The molecule has 7 heteroatoms. The molecule has 3 aliphatic rings. The molecule has 3 heterocycles. The lowest BCUT2D eigenvalue weighted by Crippen LogP contribution is -2.52. The van der Waals surface area contributed by atoms with E-state index in [-0.39, 0.29) is 11.3 Å². The van der Waals surface area contributed by atoms with Crippen molar-refractivity contribution in [2.24, 2.45) is 5.92 Å². The number of thioether (sulfide) groups is 1. The van der Waals surface area contributed by atoms with Gasteiger partial charge in [0.15, 0.2) is 0 Å². The first-order chi connectivity index (χ1) is 12.2. The Morgan fingerprint density at radius 1 is 1.16 bits per heavy atom. The van der Waals surface area contributed by atoms with Crippen LogP contribution in [0.2, 0.25) is 0 Å². The van der Waals surface area contributed by atoms with Gasteiger partial charge in [0.1, 0.15) is 5.37 Å². The molecule has 1 aromatic rings. The van der Waals surface area contributed by atoms with E-state index in [1.165, 1.54) is 11.3 Å². The fraction of sp³-hybridized carbons (Fsp3) is 0.667. The number of hydrogen-bond donors (Lipinski definition) is 0. The van der Waals surface area contributed by atoms with Gasteiger partial charge in [-0.25, -0.2) is 0 Å². The van der Waals surface area contributed by atoms with Crippen LogP contribution in [0.1, 0.15) is 29.5 Å². The lowest BCUT2D eigenvalue weighted by molar-refractivity contribution is -0.139. The molecule has 25 heavy (non-hydrogen) atoms. The van der Waals surface area contributed by atoms with Gasteiger partial charge in [0.05, 0.1) is 5.75 Å². The number of piperazine rings is 1. The highest BCUT2D eigenvalue weighted by atomic mass is 32.2. The highest BCUT2D eigenvalue weighted by Gasteiger charge is 2.34. The van der Waals surface area contributed by atoms with Gasteiger partial charge in [-0.05, 0) is 24.3 Å². The van der Waals surface area contributed by atoms with Gasteiger partial charge < -0.3 is 9.80 Å². The Morgan fingerprint density at radius 3 is 2.60 bits per heavy atom. The topological polar surface area (TPSA) is 43.9 Å². The van der Waals surface area contributed by atoms with Gasteiger partial charge in [-0.15, -0.1) is 23.1 Å². The lowest BCUT2D eigenvalue weighted by Gasteiger charge is -2.38. The quantitative estimate of drug-likeness (QED) is 0.787. The van der Waals surface area contributed by atoms with E-state index in [0.717, 1.165) is 52.1 Å². The molecule has 136 valence electrons. The molecule has 0 N–H and O–H groups in total. The van der Waals surface area contributed by atoms with E-state index in [0.29, 0.717) is 17.6 Å². The summed E-state index contributed by atoms with van der Waals surface area (Å²) in [6, 6.07) is 4.18. The maximum atomic E-state index is 12.3. The van der Waals surface area contributed by atoms with Gasteiger partial charge in [-0.2, -0.15) is 0 Å². The third-order valence-electron chi connectivity index (χ3n) is 5.55. The molecule has 0 spiro atoms. The van der Waals surface area contributed by atoms with E-state index in [9.17, 15) is 9.59 Å². The Hall–Kier alpha value is -1.05. The van der Waals surface area contributed by atoms with Crippen LogP contribution >= 0.6 is 23.1 Å². The van der Waals surface area contributed by atoms with Crippen molar-refractivity contribution in [1.29, 1.82) is 0 Å². The number of rotatable bonds is 5. The number of carbonyl (C=O) groups is 2. The van der Waals surface area contributed by atoms with E-state index in [4.69, 9.17) is 0 Å². The van der Waals surface area contributed by atoms with Gasteiger partial charge in [0.25, 0.3) is 0 Å². The third-order valence-corrected chi connectivity index (χ3v) is 7.86. The van der Waals surface area contributed by atoms with Crippen LogP contribution in [0.5, 0.6) is 0 Å². The van der Waals surface area contributed by atoms with Crippen LogP contribution in [0.4, 0.5) is 0 Å². The summed E-state index contributed by atoms with van der Waals surface area (Å²) in [6.45, 7) is 5.22. The highest BCUT2D eigenvalue weighted by molar-refractivity contribution is 8.00. The summed E-state index contributed by atoms with van der Waals surface area (Å²) < 4.78 is 0. The Bertz CT molecular complexity index is 610. The summed E-state index contributed by atoms with van der Waals surface area (Å²) in [5.74, 6) is 1.51. The summed E-state index contributed by atoms with van der Waals surface area (Å²) in [6.07, 6.45) is 3.37. The van der Waals surface area contributed by atoms with Gasteiger partial charge in [-0.1, -0.05) is 12.5 Å². The van der Waals surface area contributed by atoms with Crippen molar-refractivity contribution in [3.63, 3.8) is 0 Å². The minimum atomic E-state index is 0.189. The SMILES string of the molecule is O=C(C1CCC1)N1CCN(CCN2C(=O)CS[C@H]2c2cccs2)CC1. The van der Waals surface area contributed by atoms with Crippen LogP contribution in [0, 0.1) is 5.92 Å². The predicted molar refractivity (Wildman–Crippen MR) is 102 cm³/mol. The van der Waals surface area contributed by atoms with Crippen LogP contribution in [0.3, 0.4) is 0 Å². The van der Waals surface area contributed by atoms with Crippen molar-refractivity contribution in [3.8, 4) is 0 Å². The van der Waals surface area contributed by atoms with Gasteiger partial charge in [-0.3, -0.25) is 14.5 Å². The molecule has 2 saturated heterocycles. The average Bonchev–Trinajstić information content (AvgIpc) is 3.21. The van der Waals surface area contributed by atoms with Gasteiger partial charge >= 0.3 is 0 Å². The van der Waals surface area contributed by atoms with Crippen molar-refractivity contribution >= 4 is 34.9 Å². The normalized spacial score (nSPS) is 25.4. The second-order valence-corrected chi connectivity index (χ2v) is 9.11. The zero-order valence-corrected chi connectivity index (χ0v) is 16.1. The summed E-state index contributed by atoms with van der Waals surface area (Å²) in [5.41, 5.74) is 0. The molecule has 1 atom stereocenters. The molecular formula is C18H25N3O2S2. The van der Waals surface area contributed by atoms with E-state index < -0.39 is 0 Å². The van der Waals surface area contributed by atoms with Gasteiger partial charge in [0, 0.05) is 50.1 Å². The number of amides is 2. The number of hydrogen-bond acceptors (Lipinski definition) is 5. The Morgan fingerprint density at radius 2 is 1.96 bits per heavy atom. The maximum absolute atomic E-state index is 12.3. The standard InChI is InChI=1S/C18H25N3O2S2/c22-16-13-25-18(15-5-2-12-24-15)21(16)11-8-19-6-9-20(10-7-19)17(23)14-3-1-4-14/h2,5,12,14,18H,1,3-4,6-11,13H2/t18-/m0/s1. The van der Waals surface area contributed by atoms with Crippen LogP contribution in [0.15, 0.2) is 17.5 Å². The summed E-state index contributed by atoms with van der Waals surface area (Å²) in [5, 5.41) is 2.27. The molecule has 4 rings (SSSR count). The lowest BCUT2D eigenvalue weighted by atomic mass is 9.84. The third kappa shape index (κ3) is 3.73. The summed E-state index contributed by atoms with van der Waals surface area (Å²) in [7, 11) is 0. The molecule has 2 amide bonds. The van der Waals surface area contributed by atoms with E-state index in [1.54, 1.807) is 23.1 Å². The average molecular weight is 380 g/mol. The molecule has 0 radical (unpaired) electrons. The fourth-order valence-corrected chi connectivity index (χ4v) is 5.92. The van der Waals surface area contributed by atoms with E-state index in [2.05, 4.69) is 22.4 Å². The molecule has 5 nitrogen and oxygen atoms in total. The maximum Gasteiger partial charge on any atom is 0.233 e. The first-order valence-electron chi connectivity index (χ1n) is 9.18. The van der Waals surface area contributed by atoms with Crippen molar-refractivity contribution in [2.75, 3.05) is 45.0 Å².